The lowest BCUT2D eigenvalue weighted by Gasteiger charge is -2.05. The third kappa shape index (κ3) is 5.63. The Morgan fingerprint density at radius 2 is 1.67 bits per heavy atom. The summed E-state index contributed by atoms with van der Waals surface area (Å²) >= 11 is 1.15. The molecular weight excluding hydrogens is 382 g/mol. The van der Waals surface area contributed by atoms with Crippen molar-refractivity contribution in [3.63, 3.8) is 0 Å². The van der Waals surface area contributed by atoms with Crippen LogP contribution < -0.4 is 10.0 Å². The van der Waals surface area contributed by atoms with E-state index in [1.54, 1.807) is 23.6 Å². The third-order valence-electron chi connectivity index (χ3n) is 3.75. The number of rotatable bonds is 8. The van der Waals surface area contributed by atoms with Gasteiger partial charge in [-0.25, -0.2) is 13.4 Å². The van der Waals surface area contributed by atoms with Crippen molar-refractivity contribution < 1.29 is 13.2 Å². The third-order valence-corrected chi connectivity index (χ3v) is 6.04. The second-order valence-corrected chi connectivity index (χ2v) is 8.37. The van der Waals surface area contributed by atoms with Gasteiger partial charge in [0.2, 0.25) is 5.91 Å². The standard InChI is InChI=1S/C19H19N3O3S2/c23-18(20-12-11-15-7-3-1-4-8-15)13-16-14-26-19(21-16)22-27(24,25)17-9-5-2-6-10-17/h1-10,14H,11-13H2,(H,20,23)(H,21,22). The van der Waals surface area contributed by atoms with Crippen LogP contribution in [0.2, 0.25) is 0 Å². The summed E-state index contributed by atoms with van der Waals surface area (Å²) in [5, 5.41) is 4.77. The average molecular weight is 402 g/mol. The number of hydrogen-bond acceptors (Lipinski definition) is 5. The summed E-state index contributed by atoms with van der Waals surface area (Å²) < 4.78 is 27.0. The molecule has 1 aromatic heterocycles. The van der Waals surface area contributed by atoms with E-state index in [4.69, 9.17) is 0 Å². The number of carbonyl (C=O) groups excluding carboxylic acids is 1. The van der Waals surface area contributed by atoms with Gasteiger partial charge in [0.25, 0.3) is 10.0 Å². The number of anilines is 1. The fourth-order valence-corrected chi connectivity index (χ4v) is 4.41. The molecule has 1 amide bonds. The van der Waals surface area contributed by atoms with Gasteiger partial charge in [0.1, 0.15) is 0 Å². The molecule has 140 valence electrons. The molecule has 2 aromatic carbocycles. The van der Waals surface area contributed by atoms with E-state index < -0.39 is 10.0 Å². The van der Waals surface area contributed by atoms with Crippen LogP contribution in [0.1, 0.15) is 11.3 Å². The number of carbonyl (C=O) groups is 1. The molecule has 0 radical (unpaired) electrons. The molecule has 1 heterocycles. The predicted molar refractivity (Wildman–Crippen MR) is 106 cm³/mol. The lowest BCUT2D eigenvalue weighted by Crippen LogP contribution is -2.27. The average Bonchev–Trinajstić information content (AvgIpc) is 3.09. The number of sulfonamides is 1. The highest BCUT2D eigenvalue weighted by Gasteiger charge is 2.16. The van der Waals surface area contributed by atoms with E-state index in [1.807, 2.05) is 30.3 Å². The fourth-order valence-electron chi connectivity index (χ4n) is 2.43. The molecule has 6 nitrogen and oxygen atoms in total. The number of amides is 1. The molecule has 0 spiro atoms. The van der Waals surface area contributed by atoms with Crippen LogP contribution in [0.15, 0.2) is 70.9 Å². The molecule has 27 heavy (non-hydrogen) atoms. The van der Waals surface area contributed by atoms with Crippen molar-refractivity contribution in [2.24, 2.45) is 0 Å². The maximum Gasteiger partial charge on any atom is 0.263 e. The fraction of sp³-hybridized carbons (Fsp3) is 0.158. The van der Waals surface area contributed by atoms with E-state index in [0.29, 0.717) is 12.2 Å². The van der Waals surface area contributed by atoms with E-state index in [-0.39, 0.29) is 22.4 Å². The van der Waals surface area contributed by atoms with E-state index in [2.05, 4.69) is 15.0 Å². The Morgan fingerprint density at radius 3 is 2.37 bits per heavy atom. The van der Waals surface area contributed by atoms with Gasteiger partial charge in [-0.3, -0.25) is 9.52 Å². The Labute approximate surface area is 162 Å². The van der Waals surface area contributed by atoms with Crippen molar-refractivity contribution in [1.29, 1.82) is 0 Å². The summed E-state index contributed by atoms with van der Waals surface area (Å²) in [6, 6.07) is 18.0. The molecule has 3 rings (SSSR count). The highest BCUT2D eigenvalue weighted by Crippen LogP contribution is 2.20. The minimum Gasteiger partial charge on any atom is -0.355 e. The minimum atomic E-state index is -3.68. The van der Waals surface area contributed by atoms with Crippen molar-refractivity contribution in [2.75, 3.05) is 11.3 Å². The Bertz CT molecular complexity index is 987. The number of nitrogens with zero attached hydrogens (tertiary/aromatic N) is 1. The largest absolute Gasteiger partial charge is 0.355 e. The molecule has 0 aliphatic carbocycles. The lowest BCUT2D eigenvalue weighted by atomic mass is 10.1. The molecule has 0 saturated heterocycles. The first-order valence-electron chi connectivity index (χ1n) is 8.36. The van der Waals surface area contributed by atoms with Crippen molar-refractivity contribution in [1.82, 2.24) is 10.3 Å². The zero-order chi connectivity index (χ0) is 19.1. The normalized spacial score (nSPS) is 11.1. The molecule has 8 heteroatoms. The van der Waals surface area contributed by atoms with Gasteiger partial charge in [0.05, 0.1) is 17.0 Å². The second kappa shape index (κ2) is 8.79. The van der Waals surface area contributed by atoms with Crippen molar-refractivity contribution >= 4 is 32.4 Å². The van der Waals surface area contributed by atoms with Gasteiger partial charge in [-0.15, -0.1) is 11.3 Å². The minimum absolute atomic E-state index is 0.109. The number of aromatic nitrogens is 1. The Hall–Kier alpha value is -2.71. The van der Waals surface area contributed by atoms with E-state index in [1.165, 1.54) is 12.1 Å². The van der Waals surface area contributed by atoms with Crippen molar-refractivity contribution in [3.05, 3.63) is 77.3 Å². The Balaban J connectivity index is 1.51. The van der Waals surface area contributed by atoms with Gasteiger partial charge in [-0.1, -0.05) is 48.5 Å². The van der Waals surface area contributed by atoms with Crippen LogP contribution >= 0.6 is 11.3 Å². The second-order valence-electron chi connectivity index (χ2n) is 5.82. The number of nitrogens with one attached hydrogen (secondary N) is 2. The van der Waals surface area contributed by atoms with Gasteiger partial charge in [-0.2, -0.15) is 0 Å². The van der Waals surface area contributed by atoms with Crippen LogP contribution in [0, 0.1) is 0 Å². The smallest absolute Gasteiger partial charge is 0.263 e. The van der Waals surface area contributed by atoms with Crippen LogP contribution in [-0.4, -0.2) is 25.9 Å². The van der Waals surface area contributed by atoms with Gasteiger partial charge in [0, 0.05) is 11.9 Å². The molecule has 0 unspecified atom stereocenters. The van der Waals surface area contributed by atoms with Crippen LogP contribution in [0.3, 0.4) is 0 Å². The number of benzene rings is 2. The maximum atomic E-state index is 12.3. The van der Waals surface area contributed by atoms with Crippen LogP contribution in [0.5, 0.6) is 0 Å². The van der Waals surface area contributed by atoms with E-state index >= 15 is 0 Å². The van der Waals surface area contributed by atoms with E-state index in [0.717, 1.165) is 23.3 Å². The molecule has 0 atom stereocenters. The van der Waals surface area contributed by atoms with Crippen LogP contribution in [0.4, 0.5) is 5.13 Å². The first-order valence-corrected chi connectivity index (χ1v) is 10.7. The molecule has 0 bridgehead atoms. The summed E-state index contributed by atoms with van der Waals surface area (Å²) in [7, 11) is -3.68. The van der Waals surface area contributed by atoms with Gasteiger partial charge in [-0.05, 0) is 24.1 Å². The lowest BCUT2D eigenvalue weighted by molar-refractivity contribution is -0.120. The topological polar surface area (TPSA) is 88.2 Å². The zero-order valence-corrected chi connectivity index (χ0v) is 16.1. The first-order chi connectivity index (χ1) is 13.0. The predicted octanol–water partition coefficient (Wildman–Crippen LogP) is 2.85. The number of hydrogen-bond donors (Lipinski definition) is 2. The maximum absolute atomic E-state index is 12.3. The van der Waals surface area contributed by atoms with E-state index in [9.17, 15) is 13.2 Å². The van der Waals surface area contributed by atoms with Gasteiger partial charge in [0.15, 0.2) is 5.13 Å². The summed E-state index contributed by atoms with van der Waals surface area (Å²) in [5.41, 5.74) is 1.69. The Kier molecular flexibility index (Phi) is 6.20. The SMILES string of the molecule is O=C(Cc1csc(NS(=O)(=O)c2ccccc2)n1)NCCc1ccccc1. The highest BCUT2D eigenvalue weighted by atomic mass is 32.2. The number of thiazole rings is 1. The highest BCUT2D eigenvalue weighted by molar-refractivity contribution is 7.93. The quantitative estimate of drug-likeness (QED) is 0.608. The Morgan fingerprint density at radius 1 is 1.00 bits per heavy atom. The summed E-state index contributed by atoms with van der Waals surface area (Å²) in [5.74, 6) is -0.145. The van der Waals surface area contributed by atoms with Crippen LogP contribution in [-0.2, 0) is 27.7 Å². The molecule has 0 aliphatic heterocycles. The summed E-state index contributed by atoms with van der Waals surface area (Å²) in [6.45, 7) is 0.542. The van der Waals surface area contributed by atoms with Crippen LogP contribution in [0.25, 0.3) is 0 Å². The molecule has 3 aromatic rings. The zero-order valence-electron chi connectivity index (χ0n) is 14.5. The molecule has 0 aliphatic rings. The molecule has 0 saturated carbocycles. The monoisotopic (exact) mass is 401 g/mol. The summed E-state index contributed by atoms with van der Waals surface area (Å²) in [4.78, 5) is 16.4. The van der Waals surface area contributed by atoms with Gasteiger partial charge < -0.3 is 5.32 Å². The molecule has 0 fully saturated rings. The van der Waals surface area contributed by atoms with Crippen molar-refractivity contribution in [3.8, 4) is 0 Å². The summed E-state index contributed by atoms with van der Waals surface area (Å²) in [6.07, 6.45) is 0.865. The molecular formula is C19H19N3O3S2. The van der Waals surface area contributed by atoms with Crippen molar-refractivity contribution in [2.45, 2.75) is 17.7 Å². The van der Waals surface area contributed by atoms with Gasteiger partial charge >= 0.3 is 0 Å². The first kappa shape index (κ1) is 19.1. The molecule has 2 N–H and O–H groups in total.